The van der Waals surface area contributed by atoms with Crippen molar-refractivity contribution in [2.75, 3.05) is 0 Å². The molecule has 0 radical (unpaired) electrons. The minimum absolute atomic E-state index is 0.00422. The minimum Gasteiger partial charge on any atom is -0.300 e. The number of nitrogens with zero attached hydrogens (tertiary/aromatic N) is 1. The average molecular weight is 238 g/mol. The van der Waals surface area contributed by atoms with Crippen LogP contribution >= 0.6 is 0 Å². The highest BCUT2D eigenvalue weighted by Crippen LogP contribution is 2.32. The van der Waals surface area contributed by atoms with Crippen molar-refractivity contribution in [2.45, 2.75) is 70.5 Å². The molecule has 1 aliphatic heterocycles. The largest absolute Gasteiger partial charge is 0.300 e. The van der Waals surface area contributed by atoms with Gasteiger partial charge in [-0.3, -0.25) is 14.5 Å². The van der Waals surface area contributed by atoms with E-state index in [0.717, 1.165) is 25.7 Å². The highest BCUT2D eigenvalue weighted by Gasteiger charge is 2.47. The van der Waals surface area contributed by atoms with Crippen LogP contribution in [0, 0.1) is 0 Å². The number of imide groups is 1. The molecule has 1 saturated heterocycles. The second kappa shape index (κ2) is 4.41. The fourth-order valence-corrected chi connectivity index (χ4v) is 2.35. The standard InChI is InChI=1S/C13H22N2O2/c1-4-13(3,5-2)14-10-8-11(16)15(12(10)17)9-6-7-9/h9-10,14H,4-8H2,1-3H3. The van der Waals surface area contributed by atoms with Crippen LogP contribution in [-0.2, 0) is 9.59 Å². The Morgan fingerprint density at radius 1 is 1.29 bits per heavy atom. The van der Waals surface area contributed by atoms with Crippen LogP contribution in [0.5, 0.6) is 0 Å². The van der Waals surface area contributed by atoms with E-state index in [2.05, 4.69) is 26.1 Å². The van der Waals surface area contributed by atoms with Gasteiger partial charge in [0.1, 0.15) is 0 Å². The van der Waals surface area contributed by atoms with E-state index in [0.29, 0.717) is 6.42 Å². The molecule has 2 rings (SSSR count). The minimum atomic E-state index is -0.298. The number of nitrogens with one attached hydrogen (secondary N) is 1. The molecule has 1 unspecified atom stereocenters. The first-order valence-corrected chi connectivity index (χ1v) is 6.64. The van der Waals surface area contributed by atoms with E-state index in [1.54, 1.807) is 0 Å². The van der Waals surface area contributed by atoms with E-state index in [4.69, 9.17) is 0 Å². The summed E-state index contributed by atoms with van der Waals surface area (Å²) in [5.41, 5.74) is -0.0415. The van der Waals surface area contributed by atoms with Crippen LogP contribution in [0.2, 0.25) is 0 Å². The summed E-state index contributed by atoms with van der Waals surface area (Å²) in [5, 5.41) is 3.37. The Morgan fingerprint density at radius 2 is 1.88 bits per heavy atom. The fourth-order valence-electron chi connectivity index (χ4n) is 2.35. The van der Waals surface area contributed by atoms with Gasteiger partial charge in [-0.25, -0.2) is 0 Å². The molecule has 2 fully saturated rings. The summed E-state index contributed by atoms with van der Waals surface area (Å²) in [6, 6.07) is -0.0932. The molecule has 4 nitrogen and oxygen atoms in total. The number of carbonyl (C=O) groups is 2. The SMILES string of the molecule is CCC(C)(CC)NC1CC(=O)N(C2CC2)C1=O. The third-order valence-electron chi connectivity index (χ3n) is 4.18. The molecule has 17 heavy (non-hydrogen) atoms. The number of amides is 2. The summed E-state index contributed by atoms with van der Waals surface area (Å²) in [4.78, 5) is 25.4. The van der Waals surface area contributed by atoms with Crippen molar-refractivity contribution >= 4 is 11.8 Å². The summed E-state index contributed by atoms with van der Waals surface area (Å²) in [5.74, 6) is -0.00446. The van der Waals surface area contributed by atoms with Crippen molar-refractivity contribution in [2.24, 2.45) is 0 Å². The molecule has 2 aliphatic rings. The molecular weight excluding hydrogens is 216 g/mol. The summed E-state index contributed by atoms with van der Waals surface area (Å²) in [6.45, 7) is 6.33. The van der Waals surface area contributed by atoms with Crippen molar-refractivity contribution in [3.05, 3.63) is 0 Å². The lowest BCUT2D eigenvalue weighted by Crippen LogP contribution is -2.50. The lowest BCUT2D eigenvalue weighted by molar-refractivity contribution is -0.139. The Balaban J connectivity index is 2.03. The monoisotopic (exact) mass is 238 g/mol. The number of hydrogen-bond donors (Lipinski definition) is 1. The first-order chi connectivity index (χ1) is 8.00. The fraction of sp³-hybridized carbons (Fsp3) is 0.846. The molecule has 1 aliphatic carbocycles. The molecule has 1 heterocycles. The number of hydrogen-bond acceptors (Lipinski definition) is 3. The quantitative estimate of drug-likeness (QED) is 0.737. The normalized spacial score (nSPS) is 25.8. The topological polar surface area (TPSA) is 49.4 Å². The summed E-state index contributed by atoms with van der Waals surface area (Å²) in [7, 11) is 0. The Morgan fingerprint density at radius 3 is 2.35 bits per heavy atom. The molecule has 2 amide bonds. The van der Waals surface area contributed by atoms with E-state index in [9.17, 15) is 9.59 Å². The second-order valence-corrected chi connectivity index (χ2v) is 5.50. The van der Waals surface area contributed by atoms with Crippen LogP contribution in [-0.4, -0.2) is 34.3 Å². The van der Waals surface area contributed by atoms with Gasteiger partial charge < -0.3 is 5.32 Å². The van der Waals surface area contributed by atoms with Gasteiger partial charge in [-0.2, -0.15) is 0 Å². The van der Waals surface area contributed by atoms with Gasteiger partial charge in [0.05, 0.1) is 12.5 Å². The maximum atomic E-state index is 12.1. The number of rotatable bonds is 5. The van der Waals surface area contributed by atoms with Gasteiger partial charge in [0.2, 0.25) is 11.8 Å². The zero-order chi connectivity index (χ0) is 12.6. The van der Waals surface area contributed by atoms with Crippen LogP contribution in [0.3, 0.4) is 0 Å². The zero-order valence-electron chi connectivity index (χ0n) is 11.0. The molecule has 0 aromatic heterocycles. The van der Waals surface area contributed by atoms with Gasteiger partial charge in [-0.1, -0.05) is 13.8 Å². The van der Waals surface area contributed by atoms with E-state index in [-0.39, 0.29) is 29.4 Å². The van der Waals surface area contributed by atoms with Crippen LogP contribution in [0.25, 0.3) is 0 Å². The van der Waals surface area contributed by atoms with Gasteiger partial charge >= 0.3 is 0 Å². The summed E-state index contributed by atoms with van der Waals surface area (Å²) < 4.78 is 0. The van der Waals surface area contributed by atoms with E-state index < -0.39 is 0 Å². The van der Waals surface area contributed by atoms with Crippen molar-refractivity contribution < 1.29 is 9.59 Å². The first-order valence-electron chi connectivity index (χ1n) is 6.64. The molecule has 1 atom stereocenters. The lowest BCUT2D eigenvalue weighted by Gasteiger charge is -2.31. The van der Waals surface area contributed by atoms with Gasteiger partial charge in [-0.05, 0) is 32.6 Å². The predicted molar refractivity (Wildman–Crippen MR) is 65.4 cm³/mol. The Bertz CT molecular complexity index is 332. The highest BCUT2D eigenvalue weighted by molar-refractivity contribution is 6.06. The first kappa shape index (κ1) is 12.6. The van der Waals surface area contributed by atoms with Crippen molar-refractivity contribution in [3.8, 4) is 0 Å². The van der Waals surface area contributed by atoms with E-state index in [1.807, 2.05) is 0 Å². The van der Waals surface area contributed by atoms with Gasteiger partial charge in [0, 0.05) is 11.6 Å². The van der Waals surface area contributed by atoms with Gasteiger partial charge in [0.15, 0.2) is 0 Å². The van der Waals surface area contributed by atoms with Crippen LogP contribution < -0.4 is 5.32 Å². The van der Waals surface area contributed by atoms with Gasteiger partial charge in [-0.15, -0.1) is 0 Å². The van der Waals surface area contributed by atoms with Crippen molar-refractivity contribution in [3.63, 3.8) is 0 Å². The third kappa shape index (κ3) is 2.37. The maximum Gasteiger partial charge on any atom is 0.247 e. The zero-order valence-corrected chi connectivity index (χ0v) is 11.0. The maximum absolute atomic E-state index is 12.1. The Hall–Kier alpha value is -0.900. The second-order valence-electron chi connectivity index (χ2n) is 5.50. The van der Waals surface area contributed by atoms with E-state index >= 15 is 0 Å². The number of likely N-dealkylation sites (tertiary alicyclic amines) is 1. The molecule has 0 aromatic rings. The van der Waals surface area contributed by atoms with Crippen LogP contribution in [0.4, 0.5) is 0 Å². The predicted octanol–water partition coefficient (Wildman–Crippen LogP) is 1.44. The molecule has 0 spiro atoms. The average Bonchev–Trinajstić information content (AvgIpc) is 3.08. The summed E-state index contributed by atoms with van der Waals surface area (Å²) in [6.07, 6.45) is 4.24. The lowest BCUT2D eigenvalue weighted by atomic mass is 9.94. The molecule has 4 heteroatoms. The third-order valence-corrected chi connectivity index (χ3v) is 4.18. The smallest absolute Gasteiger partial charge is 0.247 e. The van der Waals surface area contributed by atoms with Crippen LogP contribution in [0.15, 0.2) is 0 Å². The van der Waals surface area contributed by atoms with Crippen molar-refractivity contribution in [1.82, 2.24) is 10.2 Å². The highest BCUT2D eigenvalue weighted by atomic mass is 16.2. The molecule has 1 N–H and O–H groups in total. The van der Waals surface area contributed by atoms with Gasteiger partial charge in [0.25, 0.3) is 0 Å². The summed E-state index contributed by atoms with van der Waals surface area (Å²) >= 11 is 0. The van der Waals surface area contributed by atoms with Crippen molar-refractivity contribution in [1.29, 1.82) is 0 Å². The van der Waals surface area contributed by atoms with E-state index in [1.165, 1.54) is 4.90 Å². The van der Waals surface area contributed by atoms with Crippen LogP contribution in [0.1, 0.15) is 52.9 Å². The molecule has 1 saturated carbocycles. The molecule has 96 valence electrons. The molecule has 0 bridgehead atoms. The Labute approximate surface area is 103 Å². The number of carbonyl (C=O) groups excluding carboxylic acids is 2. The molecular formula is C13H22N2O2. The Kier molecular flexibility index (Phi) is 3.25. The molecule has 0 aromatic carbocycles.